The highest BCUT2D eigenvalue weighted by atomic mass is 16.5. The molecule has 1 aromatic rings. The third-order valence-corrected chi connectivity index (χ3v) is 6.67. The smallest absolute Gasteiger partial charge is 0.311 e. The van der Waals surface area contributed by atoms with Crippen LogP contribution in [0.4, 0.5) is 0 Å². The molecule has 0 spiro atoms. The third kappa shape index (κ3) is 7.83. The van der Waals surface area contributed by atoms with Gasteiger partial charge in [0.25, 0.3) is 0 Å². The van der Waals surface area contributed by atoms with Gasteiger partial charge in [-0.1, -0.05) is 76.2 Å². The molecule has 0 heterocycles. The molecule has 3 nitrogen and oxygen atoms in total. The lowest BCUT2D eigenvalue weighted by molar-refractivity contribution is -0.134. The fourth-order valence-electron chi connectivity index (χ4n) is 4.76. The fourth-order valence-corrected chi connectivity index (χ4v) is 4.76. The van der Waals surface area contributed by atoms with Crippen LogP contribution in [0.2, 0.25) is 0 Å². The van der Waals surface area contributed by atoms with Crippen molar-refractivity contribution < 1.29 is 14.6 Å². The molecule has 0 unspecified atom stereocenters. The first kappa shape index (κ1) is 26.2. The van der Waals surface area contributed by atoms with Gasteiger partial charge in [0.2, 0.25) is 0 Å². The summed E-state index contributed by atoms with van der Waals surface area (Å²) >= 11 is 0. The lowest BCUT2D eigenvalue weighted by atomic mass is 9.73. The number of unbranched alkanes of at least 4 members (excludes halogenated alkanes) is 6. The van der Waals surface area contributed by atoms with Crippen LogP contribution in [0.5, 0.6) is 11.5 Å². The van der Waals surface area contributed by atoms with Gasteiger partial charge in [-0.15, -0.1) is 0 Å². The van der Waals surface area contributed by atoms with E-state index in [1.165, 1.54) is 18.4 Å². The van der Waals surface area contributed by atoms with Crippen LogP contribution in [0.3, 0.4) is 0 Å². The quantitative estimate of drug-likeness (QED) is 0.145. The van der Waals surface area contributed by atoms with Gasteiger partial charge in [0.1, 0.15) is 11.5 Å². The average molecular weight is 441 g/mol. The molecule has 178 valence electrons. The second-order valence-electron chi connectivity index (χ2n) is 9.65. The second kappa shape index (κ2) is 13.5. The molecule has 0 amide bonds. The van der Waals surface area contributed by atoms with E-state index in [1.54, 1.807) is 0 Å². The van der Waals surface area contributed by atoms with Gasteiger partial charge in [0.05, 0.1) is 0 Å². The Labute approximate surface area is 196 Å². The third-order valence-electron chi connectivity index (χ3n) is 6.67. The zero-order chi connectivity index (χ0) is 23.5. The minimum absolute atomic E-state index is 0.0155. The lowest BCUT2D eigenvalue weighted by Gasteiger charge is -2.32. The molecule has 32 heavy (non-hydrogen) atoms. The van der Waals surface area contributed by atoms with E-state index in [4.69, 9.17) is 4.74 Å². The van der Waals surface area contributed by atoms with Crippen LogP contribution in [0, 0.1) is 5.92 Å². The number of rotatable bonds is 13. The summed E-state index contributed by atoms with van der Waals surface area (Å²) in [6, 6.07) is 3.87. The van der Waals surface area contributed by atoms with Gasteiger partial charge in [0, 0.05) is 17.9 Å². The maximum absolute atomic E-state index is 12.7. The number of aryl methyl sites for hydroxylation is 1. The molecule has 2 rings (SSSR count). The molecule has 0 saturated carbocycles. The van der Waals surface area contributed by atoms with Crippen LogP contribution in [0.1, 0.15) is 115 Å². The highest BCUT2D eigenvalue weighted by Crippen LogP contribution is 2.47. The highest BCUT2D eigenvalue weighted by molar-refractivity contribution is 5.73. The molecule has 1 aliphatic rings. The molecule has 2 atom stereocenters. The largest absolute Gasteiger partial charge is 0.507 e. The van der Waals surface area contributed by atoms with Crippen LogP contribution in [-0.2, 0) is 11.2 Å². The van der Waals surface area contributed by atoms with Gasteiger partial charge in [-0.25, -0.2) is 0 Å². The summed E-state index contributed by atoms with van der Waals surface area (Å²) in [7, 11) is 0. The zero-order valence-electron chi connectivity index (χ0n) is 20.8. The molecule has 0 radical (unpaired) electrons. The minimum atomic E-state index is -0.198. The number of phenolic OH excluding ortho intramolecular Hbond substituents is 1. The molecular formula is C29H44O3. The van der Waals surface area contributed by atoms with Gasteiger partial charge >= 0.3 is 5.97 Å². The van der Waals surface area contributed by atoms with Gasteiger partial charge in [-0.3, -0.25) is 4.79 Å². The molecular weight excluding hydrogens is 396 g/mol. The monoisotopic (exact) mass is 440 g/mol. The zero-order valence-corrected chi connectivity index (χ0v) is 20.8. The predicted molar refractivity (Wildman–Crippen MR) is 134 cm³/mol. The molecule has 0 bridgehead atoms. The van der Waals surface area contributed by atoms with Gasteiger partial charge in [0.15, 0.2) is 0 Å². The van der Waals surface area contributed by atoms with Crippen LogP contribution in [-0.4, -0.2) is 11.1 Å². The van der Waals surface area contributed by atoms with E-state index in [0.717, 1.165) is 74.5 Å². The van der Waals surface area contributed by atoms with Crippen molar-refractivity contribution in [3.63, 3.8) is 0 Å². The number of esters is 1. The summed E-state index contributed by atoms with van der Waals surface area (Å²) < 4.78 is 5.94. The van der Waals surface area contributed by atoms with Gasteiger partial charge in [-0.2, -0.15) is 0 Å². The Morgan fingerprint density at radius 2 is 1.78 bits per heavy atom. The van der Waals surface area contributed by atoms with Gasteiger partial charge in [-0.05, 0) is 69.6 Å². The molecule has 0 fully saturated rings. The molecule has 1 aliphatic carbocycles. The summed E-state index contributed by atoms with van der Waals surface area (Å²) in [6.45, 7) is 12.8. The number of phenols is 1. The molecule has 1 N–H and O–H groups in total. The Kier molecular flexibility index (Phi) is 11.1. The number of allylic oxidation sites excluding steroid dienone is 3. The van der Waals surface area contributed by atoms with Crippen molar-refractivity contribution in [3.05, 3.63) is 47.1 Å². The number of ether oxygens (including phenoxy) is 1. The van der Waals surface area contributed by atoms with Crippen LogP contribution in [0.15, 0.2) is 35.9 Å². The van der Waals surface area contributed by atoms with E-state index in [2.05, 4.69) is 40.3 Å². The van der Waals surface area contributed by atoms with E-state index in [1.807, 2.05) is 12.1 Å². The van der Waals surface area contributed by atoms with Gasteiger partial charge < -0.3 is 9.84 Å². The van der Waals surface area contributed by atoms with E-state index in [-0.39, 0.29) is 23.6 Å². The normalized spacial score (nSPS) is 18.3. The SMILES string of the molecule is C=C(C)[C@@H]1CCC(C)=C[C@H]1c1c(O)cc(CCCCC)cc1OC(=O)CCCCCCC. The Hall–Kier alpha value is -2.03. The van der Waals surface area contributed by atoms with Crippen molar-refractivity contribution >= 4 is 5.97 Å². The van der Waals surface area contributed by atoms with Crippen molar-refractivity contribution in [2.75, 3.05) is 0 Å². The van der Waals surface area contributed by atoms with Crippen molar-refractivity contribution in [1.29, 1.82) is 0 Å². The Bertz CT molecular complexity index is 790. The lowest BCUT2D eigenvalue weighted by Crippen LogP contribution is -2.19. The summed E-state index contributed by atoms with van der Waals surface area (Å²) in [5.74, 6) is 0.806. The van der Waals surface area contributed by atoms with E-state index < -0.39 is 0 Å². The average Bonchev–Trinajstić information content (AvgIpc) is 2.73. The summed E-state index contributed by atoms with van der Waals surface area (Å²) in [5, 5.41) is 11.1. The molecule has 3 heteroatoms. The highest BCUT2D eigenvalue weighted by Gasteiger charge is 2.31. The maximum atomic E-state index is 12.7. The Morgan fingerprint density at radius 3 is 2.47 bits per heavy atom. The minimum Gasteiger partial charge on any atom is -0.507 e. The number of aromatic hydroxyl groups is 1. The number of carbonyl (C=O) groups is 1. The number of hydrogen-bond acceptors (Lipinski definition) is 3. The van der Waals surface area contributed by atoms with Crippen LogP contribution >= 0.6 is 0 Å². The molecule has 1 aromatic carbocycles. The second-order valence-corrected chi connectivity index (χ2v) is 9.65. The Morgan fingerprint density at radius 1 is 1.09 bits per heavy atom. The first-order valence-corrected chi connectivity index (χ1v) is 12.8. The fraction of sp³-hybridized carbons (Fsp3) is 0.621. The Balaban J connectivity index is 2.31. The van der Waals surface area contributed by atoms with Crippen LogP contribution < -0.4 is 4.74 Å². The number of carbonyl (C=O) groups excluding carboxylic acids is 1. The number of hydrogen-bond donors (Lipinski definition) is 1. The molecule has 0 aliphatic heterocycles. The standard InChI is InChI=1S/C29H44O3/c1-6-8-10-11-13-15-28(31)32-27-20-23(14-12-9-7-2)19-26(30)29(27)25-18-22(5)16-17-24(25)21(3)4/h18-20,24-25,30H,3,6-17H2,1-2,4-5H3/t24-,25+/m0/s1. The summed E-state index contributed by atoms with van der Waals surface area (Å²) in [5.41, 5.74) is 4.20. The first-order chi connectivity index (χ1) is 15.4. The van der Waals surface area contributed by atoms with E-state index >= 15 is 0 Å². The topological polar surface area (TPSA) is 46.5 Å². The van der Waals surface area contributed by atoms with Crippen molar-refractivity contribution in [3.8, 4) is 11.5 Å². The number of benzene rings is 1. The molecule has 0 aromatic heterocycles. The van der Waals surface area contributed by atoms with Crippen molar-refractivity contribution in [1.82, 2.24) is 0 Å². The summed E-state index contributed by atoms with van der Waals surface area (Å²) in [4.78, 5) is 12.7. The predicted octanol–water partition coefficient (Wildman–Crippen LogP) is 8.41. The summed E-state index contributed by atoms with van der Waals surface area (Å²) in [6.07, 6.45) is 14.4. The maximum Gasteiger partial charge on any atom is 0.311 e. The van der Waals surface area contributed by atoms with Crippen LogP contribution in [0.25, 0.3) is 0 Å². The van der Waals surface area contributed by atoms with Crippen molar-refractivity contribution in [2.24, 2.45) is 5.92 Å². The van der Waals surface area contributed by atoms with Crippen molar-refractivity contribution in [2.45, 2.75) is 111 Å². The van der Waals surface area contributed by atoms with E-state index in [0.29, 0.717) is 12.2 Å². The molecule has 0 saturated heterocycles. The first-order valence-electron chi connectivity index (χ1n) is 12.8. The van der Waals surface area contributed by atoms with E-state index in [9.17, 15) is 9.90 Å².